The van der Waals surface area contributed by atoms with E-state index in [1.54, 1.807) is 67.4 Å². The minimum absolute atomic E-state index is 0.0854. The smallest absolute Gasteiger partial charge is 0.338 e. The van der Waals surface area contributed by atoms with Crippen LogP contribution >= 0.6 is 39.0 Å². The molecule has 1 aliphatic rings. The van der Waals surface area contributed by atoms with Gasteiger partial charge in [-0.15, -0.1) is 11.8 Å². The van der Waals surface area contributed by atoms with Crippen LogP contribution in [0.3, 0.4) is 0 Å². The quantitative estimate of drug-likeness (QED) is 0.161. The maximum atomic E-state index is 14.0. The molecule has 0 fully saturated rings. The van der Waals surface area contributed by atoms with Gasteiger partial charge in [0, 0.05) is 10.5 Å². The van der Waals surface area contributed by atoms with Crippen molar-refractivity contribution in [2.75, 3.05) is 6.26 Å². The van der Waals surface area contributed by atoms with Crippen molar-refractivity contribution in [2.45, 2.75) is 44.4 Å². The number of rotatable bonds is 8. The van der Waals surface area contributed by atoms with Crippen LogP contribution in [0.2, 0.25) is 0 Å². The molecule has 1 atom stereocenters. The first kappa shape index (κ1) is 30.0. The number of allylic oxidation sites excluding steroid dienone is 1. The van der Waals surface area contributed by atoms with Crippen molar-refractivity contribution in [3.05, 3.63) is 125 Å². The van der Waals surface area contributed by atoms with Crippen molar-refractivity contribution in [3.8, 4) is 5.75 Å². The first-order chi connectivity index (χ1) is 20.2. The summed E-state index contributed by atoms with van der Waals surface area (Å²) in [5, 5.41) is 0. The Hall–Kier alpha value is -3.47. The number of fused-ring (bicyclic) bond motifs is 1. The van der Waals surface area contributed by atoms with Crippen molar-refractivity contribution in [2.24, 2.45) is 4.99 Å². The molecule has 0 saturated heterocycles. The lowest BCUT2D eigenvalue weighted by Gasteiger charge is -2.25. The Labute approximate surface area is 259 Å². The number of hydrogen-bond acceptors (Lipinski definition) is 7. The molecular formula is C32H28BrFN2O4S2. The molecule has 6 nitrogen and oxygen atoms in total. The molecule has 2 heterocycles. The molecular weight excluding hydrogens is 639 g/mol. The monoisotopic (exact) mass is 666 g/mol. The maximum absolute atomic E-state index is 14.0. The fraction of sp³-hybridized carbons (Fsp3) is 0.219. The van der Waals surface area contributed by atoms with Gasteiger partial charge in [-0.3, -0.25) is 9.36 Å². The third-order valence-electron chi connectivity index (χ3n) is 6.61. The van der Waals surface area contributed by atoms with Crippen molar-refractivity contribution < 1.29 is 18.7 Å². The number of hydrogen-bond donors (Lipinski definition) is 0. The lowest BCUT2D eigenvalue weighted by molar-refractivity contribution is -0.143. The lowest BCUT2D eigenvalue weighted by atomic mass is 9.96. The summed E-state index contributed by atoms with van der Waals surface area (Å²) in [6.07, 6.45) is 3.46. The average molecular weight is 668 g/mol. The van der Waals surface area contributed by atoms with Gasteiger partial charge in [0.05, 0.1) is 32.4 Å². The fourth-order valence-electron chi connectivity index (χ4n) is 4.61. The number of carbonyl (C=O) groups is 1. The molecule has 42 heavy (non-hydrogen) atoms. The van der Waals surface area contributed by atoms with Crippen molar-refractivity contribution >= 4 is 51.1 Å². The van der Waals surface area contributed by atoms with Crippen LogP contribution in [-0.4, -0.2) is 22.9 Å². The molecule has 0 N–H and O–H groups in total. The molecule has 10 heteroatoms. The first-order valence-corrected chi connectivity index (χ1v) is 16.0. The molecule has 0 saturated carbocycles. The normalized spacial score (nSPS) is 15.0. The zero-order valence-electron chi connectivity index (χ0n) is 23.4. The van der Waals surface area contributed by atoms with E-state index >= 15 is 0 Å². The van der Waals surface area contributed by atoms with E-state index in [0.717, 1.165) is 16.0 Å². The molecule has 0 aliphatic carbocycles. The standard InChI is InChI=1S/C32H28BrFN2O4S2/c1-18(2)40-31(38)28-19(3)35-32-36(29(28)21-10-12-23(41-4)13-11-21)30(37)27(42-32)16-20-9-14-26(24(33)15-20)39-17-22-7-5-6-8-25(22)34/h5-16,18,29H,17H2,1-4H3/b27-16-/t29-/m1/s1. The van der Waals surface area contributed by atoms with Gasteiger partial charge < -0.3 is 9.47 Å². The Kier molecular flexibility index (Phi) is 9.15. The van der Waals surface area contributed by atoms with Gasteiger partial charge in [0.15, 0.2) is 4.80 Å². The minimum atomic E-state index is -0.675. The highest BCUT2D eigenvalue weighted by molar-refractivity contribution is 9.10. The van der Waals surface area contributed by atoms with Gasteiger partial charge >= 0.3 is 5.97 Å². The maximum Gasteiger partial charge on any atom is 0.338 e. The highest BCUT2D eigenvalue weighted by Crippen LogP contribution is 2.32. The van der Waals surface area contributed by atoms with Gasteiger partial charge in [0.2, 0.25) is 0 Å². The van der Waals surface area contributed by atoms with Crippen LogP contribution in [-0.2, 0) is 16.1 Å². The Bertz CT molecular complexity index is 1860. The number of nitrogens with zero attached hydrogens (tertiary/aromatic N) is 2. The van der Waals surface area contributed by atoms with Crippen LogP contribution in [0.5, 0.6) is 5.75 Å². The van der Waals surface area contributed by atoms with E-state index in [9.17, 15) is 14.0 Å². The van der Waals surface area contributed by atoms with Crippen LogP contribution in [0.15, 0.2) is 97.2 Å². The predicted octanol–water partition coefficient (Wildman–Crippen LogP) is 6.39. The van der Waals surface area contributed by atoms with Gasteiger partial charge in [-0.2, -0.15) is 0 Å². The second-order valence-electron chi connectivity index (χ2n) is 9.88. The van der Waals surface area contributed by atoms with Gasteiger partial charge in [-0.1, -0.05) is 47.7 Å². The van der Waals surface area contributed by atoms with E-state index in [1.165, 1.54) is 17.4 Å². The van der Waals surface area contributed by atoms with Gasteiger partial charge in [0.25, 0.3) is 5.56 Å². The summed E-state index contributed by atoms with van der Waals surface area (Å²) >= 11 is 6.41. The van der Waals surface area contributed by atoms with Crippen LogP contribution in [0.1, 0.15) is 43.5 Å². The number of halogens is 2. The van der Waals surface area contributed by atoms with Crippen LogP contribution < -0.4 is 19.6 Å². The molecule has 3 aromatic carbocycles. The fourth-order valence-corrected chi connectivity index (χ4v) is 6.57. The average Bonchev–Trinajstić information content (AvgIpc) is 3.26. The van der Waals surface area contributed by atoms with E-state index in [2.05, 4.69) is 20.9 Å². The van der Waals surface area contributed by atoms with E-state index in [1.807, 2.05) is 42.7 Å². The van der Waals surface area contributed by atoms with Crippen molar-refractivity contribution in [3.63, 3.8) is 0 Å². The zero-order chi connectivity index (χ0) is 30.0. The van der Waals surface area contributed by atoms with E-state index in [0.29, 0.717) is 36.4 Å². The van der Waals surface area contributed by atoms with Crippen molar-refractivity contribution in [1.29, 1.82) is 0 Å². The van der Waals surface area contributed by atoms with E-state index in [4.69, 9.17) is 9.47 Å². The summed E-state index contributed by atoms with van der Waals surface area (Å²) in [5.41, 5.74) is 2.63. The zero-order valence-corrected chi connectivity index (χ0v) is 26.6. The van der Waals surface area contributed by atoms with Gasteiger partial charge in [-0.25, -0.2) is 14.2 Å². The second-order valence-corrected chi connectivity index (χ2v) is 12.6. The summed E-state index contributed by atoms with van der Waals surface area (Å²) < 4.78 is 28.1. The summed E-state index contributed by atoms with van der Waals surface area (Å²) in [6.45, 7) is 5.44. The predicted molar refractivity (Wildman–Crippen MR) is 168 cm³/mol. The molecule has 0 spiro atoms. The number of aromatic nitrogens is 1. The topological polar surface area (TPSA) is 69.9 Å². The SMILES string of the molecule is CSc1ccc([C@@H]2C(C(=O)OC(C)C)=C(C)N=c3s/c(=C\c4ccc(OCc5ccccc5F)c(Br)c4)c(=O)n32)cc1. The van der Waals surface area contributed by atoms with Crippen molar-refractivity contribution in [1.82, 2.24) is 4.57 Å². The molecule has 216 valence electrons. The number of thiazole rings is 1. The summed E-state index contributed by atoms with van der Waals surface area (Å²) in [5.74, 6) is -0.265. The van der Waals surface area contributed by atoms with Crippen LogP contribution in [0, 0.1) is 5.82 Å². The Balaban J connectivity index is 1.53. The van der Waals surface area contributed by atoms with Crippen LogP contribution in [0.25, 0.3) is 6.08 Å². The first-order valence-electron chi connectivity index (χ1n) is 13.2. The third-order valence-corrected chi connectivity index (χ3v) is 8.96. The number of benzene rings is 3. The van der Waals surface area contributed by atoms with E-state index in [-0.39, 0.29) is 24.1 Å². The number of thioether (sulfide) groups is 1. The lowest BCUT2D eigenvalue weighted by Crippen LogP contribution is -2.40. The van der Waals surface area contributed by atoms with E-state index < -0.39 is 12.0 Å². The number of carbonyl (C=O) groups excluding carboxylic acids is 1. The largest absolute Gasteiger partial charge is 0.488 e. The third kappa shape index (κ3) is 6.30. The molecule has 0 unspecified atom stereocenters. The molecule has 4 aromatic rings. The summed E-state index contributed by atoms with van der Waals surface area (Å²) in [4.78, 5) is 33.4. The second kappa shape index (κ2) is 12.8. The molecule has 0 radical (unpaired) electrons. The van der Waals surface area contributed by atoms with Crippen LogP contribution in [0.4, 0.5) is 4.39 Å². The Morgan fingerprint density at radius 3 is 2.57 bits per heavy atom. The molecule has 0 amide bonds. The summed E-state index contributed by atoms with van der Waals surface area (Å²) in [7, 11) is 0. The highest BCUT2D eigenvalue weighted by atomic mass is 79.9. The molecule has 1 aliphatic heterocycles. The molecule has 1 aromatic heterocycles. The molecule has 0 bridgehead atoms. The number of esters is 1. The number of ether oxygens (including phenoxy) is 2. The Morgan fingerprint density at radius 2 is 1.90 bits per heavy atom. The minimum Gasteiger partial charge on any atom is -0.488 e. The highest BCUT2D eigenvalue weighted by Gasteiger charge is 2.33. The van der Waals surface area contributed by atoms with Gasteiger partial charge in [-0.05, 0) is 90.5 Å². The molecule has 5 rings (SSSR count). The van der Waals surface area contributed by atoms with Gasteiger partial charge in [0.1, 0.15) is 18.2 Å². The Morgan fingerprint density at radius 1 is 1.17 bits per heavy atom. The summed E-state index contributed by atoms with van der Waals surface area (Å²) in [6, 6.07) is 19.1.